The minimum Gasteiger partial charge on any atom is -0.462 e. The van der Waals surface area contributed by atoms with Crippen LogP contribution >= 0.6 is 34.3 Å². The number of aromatic nitrogens is 5. The van der Waals surface area contributed by atoms with Gasteiger partial charge >= 0.3 is 12.2 Å². The lowest BCUT2D eigenvalue weighted by molar-refractivity contribution is -0.147. The van der Waals surface area contributed by atoms with Crippen LogP contribution < -0.4 is 15.0 Å². The number of aryl methyl sites for hydroxylation is 1. The van der Waals surface area contributed by atoms with Crippen LogP contribution in [0.1, 0.15) is 39.5 Å². The highest BCUT2D eigenvalue weighted by molar-refractivity contribution is 7.18. The molecule has 5 rings (SSSR count). The van der Waals surface area contributed by atoms with Crippen LogP contribution in [0.3, 0.4) is 0 Å². The minimum atomic E-state index is -4.57. The summed E-state index contributed by atoms with van der Waals surface area (Å²) >= 11 is 8.59. The van der Waals surface area contributed by atoms with Crippen molar-refractivity contribution in [3.63, 3.8) is 0 Å². The second-order valence-corrected chi connectivity index (χ2v) is 11.1. The van der Waals surface area contributed by atoms with E-state index >= 15 is 0 Å². The number of nitrogens with one attached hydrogen (secondary N) is 1. The molecule has 0 atom stereocenters. The standard InChI is InChI=1S/C22H21ClF3N7O2S2/c1-2-3-12-10-13-17(32-7-8-33-16(11-32)30-31-20(33)22(24,25)26)28-21(29-19(13)36-12)35-9-6-27-18(34)14-4-5-15(23)37-14/h4-5,10H,2-3,6-9,11H2,1H3,(H,27,34). The third-order valence-electron chi connectivity index (χ3n) is 5.62. The largest absolute Gasteiger partial charge is 0.462 e. The van der Waals surface area contributed by atoms with Gasteiger partial charge in [-0.05, 0) is 24.6 Å². The molecule has 1 N–H and O–H groups in total. The molecule has 0 fully saturated rings. The molecule has 4 aromatic heterocycles. The fourth-order valence-electron chi connectivity index (χ4n) is 3.99. The summed E-state index contributed by atoms with van der Waals surface area (Å²) in [6, 6.07) is 5.45. The monoisotopic (exact) mass is 571 g/mol. The van der Waals surface area contributed by atoms with Gasteiger partial charge < -0.3 is 19.5 Å². The Balaban J connectivity index is 1.35. The Bertz CT molecular complexity index is 1440. The molecule has 37 heavy (non-hydrogen) atoms. The fraction of sp³-hybridized carbons (Fsp3) is 0.409. The maximum atomic E-state index is 13.3. The number of hydrogen-bond acceptors (Lipinski definition) is 9. The van der Waals surface area contributed by atoms with Gasteiger partial charge in [0.05, 0.1) is 27.7 Å². The number of carbonyl (C=O) groups excluding carboxylic acids is 1. The first-order valence-electron chi connectivity index (χ1n) is 11.4. The number of thiophene rings is 2. The third-order valence-corrected chi connectivity index (χ3v) is 7.94. The molecule has 0 bridgehead atoms. The van der Waals surface area contributed by atoms with E-state index in [2.05, 4.69) is 32.4 Å². The summed E-state index contributed by atoms with van der Waals surface area (Å²) < 4.78 is 47.2. The Hall–Kier alpha value is -2.97. The lowest BCUT2D eigenvalue weighted by atomic mass is 10.2. The first kappa shape index (κ1) is 25.7. The van der Waals surface area contributed by atoms with E-state index in [1.165, 1.54) is 22.7 Å². The van der Waals surface area contributed by atoms with E-state index in [0.29, 0.717) is 15.0 Å². The Kier molecular flexibility index (Phi) is 7.23. The topological polar surface area (TPSA) is 98.1 Å². The summed E-state index contributed by atoms with van der Waals surface area (Å²) in [6.45, 7) is 2.92. The van der Waals surface area contributed by atoms with Gasteiger partial charge in [0.1, 0.15) is 17.3 Å². The normalized spacial score (nSPS) is 13.7. The number of amides is 1. The molecule has 1 amide bonds. The molecule has 5 heterocycles. The van der Waals surface area contributed by atoms with E-state index < -0.39 is 12.0 Å². The van der Waals surface area contributed by atoms with Gasteiger partial charge in [0.15, 0.2) is 5.82 Å². The number of ether oxygens (including phenoxy) is 1. The molecule has 0 aliphatic carbocycles. The predicted octanol–water partition coefficient (Wildman–Crippen LogP) is 4.80. The second kappa shape index (κ2) is 10.4. The molecule has 0 saturated carbocycles. The van der Waals surface area contributed by atoms with Crippen LogP contribution in [-0.2, 0) is 25.7 Å². The fourth-order valence-corrected chi connectivity index (χ4v) is 6.07. The lowest BCUT2D eigenvalue weighted by Crippen LogP contribution is -2.36. The zero-order chi connectivity index (χ0) is 26.2. The lowest BCUT2D eigenvalue weighted by Gasteiger charge is -2.29. The molecule has 0 spiro atoms. The van der Waals surface area contributed by atoms with Gasteiger partial charge in [-0.3, -0.25) is 4.79 Å². The number of halogens is 4. The van der Waals surface area contributed by atoms with Crippen LogP contribution in [0.2, 0.25) is 4.34 Å². The van der Waals surface area contributed by atoms with E-state index in [9.17, 15) is 18.0 Å². The van der Waals surface area contributed by atoms with E-state index in [0.717, 1.165) is 32.5 Å². The van der Waals surface area contributed by atoms with Crippen molar-refractivity contribution < 1.29 is 22.7 Å². The van der Waals surface area contributed by atoms with Crippen molar-refractivity contribution in [2.24, 2.45) is 0 Å². The highest BCUT2D eigenvalue weighted by Gasteiger charge is 2.39. The summed E-state index contributed by atoms with van der Waals surface area (Å²) in [5.41, 5.74) is 0. The Morgan fingerprint density at radius 2 is 2.05 bits per heavy atom. The molecule has 1 aliphatic rings. The summed E-state index contributed by atoms with van der Waals surface area (Å²) in [5.74, 6) is -0.464. The second-order valence-electron chi connectivity index (χ2n) is 8.23. The zero-order valence-electron chi connectivity index (χ0n) is 19.5. The molecule has 9 nitrogen and oxygen atoms in total. The van der Waals surface area contributed by atoms with Crippen LogP contribution in [0, 0.1) is 0 Å². The molecule has 196 valence electrons. The third kappa shape index (κ3) is 5.50. The van der Waals surface area contributed by atoms with E-state index in [-0.39, 0.29) is 50.5 Å². The number of nitrogens with zero attached hydrogens (tertiary/aromatic N) is 6. The number of alkyl halides is 3. The van der Waals surface area contributed by atoms with Gasteiger partial charge in [-0.1, -0.05) is 24.9 Å². The average molecular weight is 572 g/mol. The van der Waals surface area contributed by atoms with Gasteiger partial charge in [0, 0.05) is 18.0 Å². The van der Waals surface area contributed by atoms with Crippen LogP contribution in [0.25, 0.3) is 10.2 Å². The summed E-state index contributed by atoms with van der Waals surface area (Å²) in [4.78, 5) is 25.6. The molecule has 0 radical (unpaired) electrons. The number of anilines is 1. The molecule has 0 unspecified atom stereocenters. The van der Waals surface area contributed by atoms with Gasteiger partial charge in [-0.15, -0.1) is 32.9 Å². The smallest absolute Gasteiger partial charge is 0.451 e. The Morgan fingerprint density at radius 3 is 2.78 bits per heavy atom. The van der Waals surface area contributed by atoms with Gasteiger partial charge in [-0.2, -0.15) is 23.1 Å². The van der Waals surface area contributed by atoms with E-state index in [1.807, 2.05) is 11.0 Å². The number of hydrogen-bond donors (Lipinski definition) is 1. The maximum Gasteiger partial charge on any atom is 0.451 e. The first-order valence-corrected chi connectivity index (χ1v) is 13.4. The maximum absolute atomic E-state index is 13.3. The molecular formula is C22H21ClF3N7O2S2. The van der Waals surface area contributed by atoms with Gasteiger partial charge in [0.25, 0.3) is 5.91 Å². The first-order chi connectivity index (χ1) is 17.7. The van der Waals surface area contributed by atoms with Crippen LogP contribution in [0.5, 0.6) is 6.01 Å². The highest BCUT2D eigenvalue weighted by atomic mass is 35.5. The van der Waals surface area contributed by atoms with E-state index in [4.69, 9.17) is 16.3 Å². The number of carbonyl (C=O) groups is 1. The highest BCUT2D eigenvalue weighted by Crippen LogP contribution is 2.36. The Morgan fingerprint density at radius 1 is 1.22 bits per heavy atom. The molecule has 15 heteroatoms. The van der Waals surface area contributed by atoms with Crippen LogP contribution in [-0.4, -0.2) is 50.3 Å². The van der Waals surface area contributed by atoms with Crippen molar-refractivity contribution in [3.05, 3.63) is 43.9 Å². The quantitative estimate of drug-likeness (QED) is 0.303. The van der Waals surface area contributed by atoms with Crippen molar-refractivity contribution in [3.8, 4) is 6.01 Å². The minimum absolute atomic E-state index is 0.0730. The SMILES string of the molecule is CCCc1cc2c(N3CCn4c(nnc4C(F)(F)F)C3)nc(OCCNC(=O)c3ccc(Cl)s3)nc2s1. The summed E-state index contributed by atoms with van der Waals surface area (Å²) in [5, 5.41) is 10.7. The average Bonchev–Trinajstić information content (AvgIpc) is 3.58. The summed E-state index contributed by atoms with van der Waals surface area (Å²) in [6.07, 6.45) is -2.73. The molecule has 4 aromatic rings. The summed E-state index contributed by atoms with van der Waals surface area (Å²) in [7, 11) is 0. The Labute approximate surface area is 222 Å². The molecular weight excluding hydrogens is 551 g/mol. The van der Waals surface area contributed by atoms with Crippen molar-refractivity contribution in [2.45, 2.75) is 39.0 Å². The molecule has 1 aliphatic heterocycles. The van der Waals surface area contributed by atoms with E-state index in [1.54, 1.807) is 12.1 Å². The van der Waals surface area contributed by atoms with Crippen molar-refractivity contribution in [1.29, 1.82) is 0 Å². The van der Waals surface area contributed by atoms with Crippen molar-refractivity contribution >= 4 is 56.2 Å². The van der Waals surface area contributed by atoms with Crippen LogP contribution in [0.15, 0.2) is 18.2 Å². The van der Waals surface area contributed by atoms with Gasteiger partial charge in [0.2, 0.25) is 5.82 Å². The number of fused-ring (bicyclic) bond motifs is 2. The molecule has 0 saturated heterocycles. The number of rotatable bonds is 8. The van der Waals surface area contributed by atoms with Crippen LogP contribution in [0.4, 0.5) is 19.0 Å². The van der Waals surface area contributed by atoms with Gasteiger partial charge in [-0.25, -0.2) is 0 Å². The van der Waals surface area contributed by atoms with Crippen molar-refractivity contribution in [1.82, 2.24) is 30.0 Å². The molecule has 0 aromatic carbocycles. The zero-order valence-corrected chi connectivity index (χ0v) is 21.9. The van der Waals surface area contributed by atoms with Crippen molar-refractivity contribution in [2.75, 3.05) is 24.6 Å². The predicted molar refractivity (Wildman–Crippen MR) is 135 cm³/mol.